The summed E-state index contributed by atoms with van der Waals surface area (Å²) in [6.45, 7) is 2.00. The topological polar surface area (TPSA) is 83.6 Å². The number of hydrogen-bond donors (Lipinski definition) is 2. The second kappa shape index (κ2) is 4.89. The number of carbonyl (C=O) groups excluding carboxylic acids is 1. The van der Waals surface area contributed by atoms with E-state index >= 15 is 0 Å². The highest BCUT2D eigenvalue weighted by molar-refractivity contribution is 8.01. The lowest BCUT2D eigenvalue weighted by atomic mass is 10.2. The fourth-order valence-electron chi connectivity index (χ4n) is 1.87. The molecule has 3 N–H and O–H groups in total. The van der Waals surface area contributed by atoms with Crippen molar-refractivity contribution in [3.8, 4) is 0 Å². The van der Waals surface area contributed by atoms with Crippen molar-refractivity contribution in [2.45, 2.75) is 23.5 Å². The fraction of sp³-hybridized carbons (Fsp3) is 0.333. The van der Waals surface area contributed by atoms with Gasteiger partial charge in [0, 0.05) is 17.1 Å². The highest BCUT2D eigenvalue weighted by Crippen LogP contribution is 2.40. The van der Waals surface area contributed by atoms with Gasteiger partial charge in [-0.3, -0.25) is 9.59 Å². The van der Waals surface area contributed by atoms with Crippen LogP contribution in [-0.4, -0.2) is 28.8 Å². The number of nitrogens with two attached hydrogens (primary N) is 1. The molecule has 1 aromatic rings. The Morgan fingerprint density at radius 3 is 2.94 bits per heavy atom. The fourth-order valence-corrected chi connectivity index (χ4v) is 2.98. The molecule has 0 aromatic heterocycles. The molecule has 2 rings (SSSR count). The van der Waals surface area contributed by atoms with Gasteiger partial charge in [-0.25, -0.2) is 0 Å². The van der Waals surface area contributed by atoms with Crippen LogP contribution in [0.2, 0.25) is 0 Å². The summed E-state index contributed by atoms with van der Waals surface area (Å²) in [6.07, 6.45) is -0.0626. The first-order valence-electron chi connectivity index (χ1n) is 5.58. The van der Waals surface area contributed by atoms with Crippen LogP contribution in [0.1, 0.15) is 13.3 Å². The molecule has 1 atom stereocenters. The monoisotopic (exact) mass is 266 g/mol. The predicted octanol–water partition coefficient (Wildman–Crippen LogP) is 1.57. The van der Waals surface area contributed by atoms with Crippen LogP contribution in [0.25, 0.3) is 0 Å². The number of carbonyl (C=O) groups is 2. The van der Waals surface area contributed by atoms with E-state index in [9.17, 15) is 9.59 Å². The highest BCUT2D eigenvalue weighted by Gasteiger charge is 2.30. The molecular weight excluding hydrogens is 252 g/mol. The zero-order valence-corrected chi connectivity index (χ0v) is 10.7. The second-order valence-electron chi connectivity index (χ2n) is 4.12. The van der Waals surface area contributed by atoms with Gasteiger partial charge in [-0.05, 0) is 25.1 Å². The number of nitrogens with zero attached hydrogens (tertiary/aromatic N) is 1. The van der Waals surface area contributed by atoms with Crippen molar-refractivity contribution in [1.29, 1.82) is 0 Å². The van der Waals surface area contributed by atoms with E-state index in [2.05, 4.69) is 0 Å². The van der Waals surface area contributed by atoms with Crippen LogP contribution in [0.15, 0.2) is 23.1 Å². The smallest absolute Gasteiger partial charge is 0.305 e. The second-order valence-corrected chi connectivity index (χ2v) is 5.50. The summed E-state index contributed by atoms with van der Waals surface area (Å²) in [4.78, 5) is 25.2. The van der Waals surface area contributed by atoms with Gasteiger partial charge in [-0.1, -0.05) is 0 Å². The Hall–Kier alpha value is -1.69. The molecule has 0 fully saturated rings. The quantitative estimate of drug-likeness (QED) is 0.811. The van der Waals surface area contributed by atoms with E-state index in [4.69, 9.17) is 10.8 Å². The minimum Gasteiger partial charge on any atom is -0.481 e. The standard InChI is InChI=1S/C12H14N2O3S/c1-7-12(17)14(5-4-11(15)16)9-3-2-8(13)6-10(9)18-7/h2-3,6-7H,4-5,13H2,1H3,(H,15,16). The minimum atomic E-state index is -0.911. The predicted molar refractivity (Wildman–Crippen MR) is 70.8 cm³/mol. The van der Waals surface area contributed by atoms with Gasteiger partial charge in [-0.2, -0.15) is 0 Å². The Labute approximate surface area is 109 Å². The third-order valence-corrected chi connectivity index (χ3v) is 3.88. The van der Waals surface area contributed by atoms with E-state index in [1.165, 1.54) is 16.7 Å². The van der Waals surface area contributed by atoms with Crippen molar-refractivity contribution in [2.24, 2.45) is 0 Å². The number of rotatable bonds is 3. The van der Waals surface area contributed by atoms with Crippen LogP contribution >= 0.6 is 11.8 Å². The zero-order chi connectivity index (χ0) is 13.3. The average Bonchev–Trinajstić information content (AvgIpc) is 2.29. The number of fused-ring (bicyclic) bond motifs is 1. The van der Waals surface area contributed by atoms with Gasteiger partial charge >= 0.3 is 5.97 Å². The molecule has 0 bridgehead atoms. The molecule has 0 aliphatic carbocycles. The third kappa shape index (κ3) is 2.43. The first-order valence-corrected chi connectivity index (χ1v) is 6.46. The summed E-state index contributed by atoms with van der Waals surface area (Å²) in [5, 5.41) is 8.51. The van der Waals surface area contributed by atoms with E-state index in [0.717, 1.165) is 10.6 Å². The number of anilines is 2. The number of thioether (sulfide) groups is 1. The van der Waals surface area contributed by atoms with Crippen molar-refractivity contribution in [3.05, 3.63) is 18.2 Å². The van der Waals surface area contributed by atoms with Gasteiger partial charge < -0.3 is 15.7 Å². The molecule has 1 heterocycles. The molecule has 18 heavy (non-hydrogen) atoms. The van der Waals surface area contributed by atoms with Crippen molar-refractivity contribution in [3.63, 3.8) is 0 Å². The number of benzene rings is 1. The normalized spacial score (nSPS) is 18.6. The summed E-state index contributed by atoms with van der Waals surface area (Å²) in [5.74, 6) is -0.968. The molecule has 0 saturated carbocycles. The lowest BCUT2D eigenvalue weighted by Gasteiger charge is -2.32. The molecule has 1 amide bonds. The number of carboxylic acid groups (broad SMARTS) is 1. The maximum Gasteiger partial charge on any atom is 0.305 e. The zero-order valence-electron chi connectivity index (χ0n) is 9.92. The molecule has 1 unspecified atom stereocenters. The number of hydrogen-bond acceptors (Lipinski definition) is 4. The SMILES string of the molecule is CC1Sc2cc(N)ccc2N(CCC(=O)O)C1=O. The number of carboxylic acids is 1. The van der Waals surface area contributed by atoms with Crippen LogP contribution in [-0.2, 0) is 9.59 Å². The van der Waals surface area contributed by atoms with E-state index in [1.54, 1.807) is 12.1 Å². The molecule has 1 aliphatic heterocycles. The Bertz CT molecular complexity index is 504. The third-order valence-electron chi connectivity index (χ3n) is 2.74. The van der Waals surface area contributed by atoms with Crippen LogP contribution in [0, 0.1) is 0 Å². The molecule has 5 nitrogen and oxygen atoms in total. The first-order chi connectivity index (χ1) is 8.49. The highest BCUT2D eigenvalue weighted by atomic mass is 32.2. The van der Waals surface area contributed by atoms with Crippen LogP contribution in [0.5, 0.6) is 0 Å². The summed E-state index contributed by atoms with van der Waals surface area (Å²) < 4.78 is 0. The maximum absolute atomic E-state index is 12.1. The van der Waals surface area contributed by atoms with Crippen molar-refractivity contribution < 1.29 is 14.7 Å². The van der Waals surface area contributed by atoms with Crippen LogP contribution in [0.3, 0.4) is 0 Å². The molecule has 1 aromatic carbocycles. The van der Waals surface area contributed by atoms with Gasteiger partial charge in [-0.15, -0.1) is 11.8 Å². The lowest BCUT2D eigenvalue weighted by Crippen LogP contribution is -2.41. The summed E-state index contributed by atoms with van der Waals surface area (Å²) in [5.41, 5.74) is 7.11. The van der Waals surface area contributed by atoms with E-state index in [1.807, 2.05) is 13.0 Å². The summed E-state index contributed by atoms with van der Waals surface area (Å²) in [6, 6.07) is 5.30. The van der Waals surface area contributed by atoms with Gasteiger partial charge in [0.1, 0.15) is 0 Å². The average molecular weight is 266 g/mol. The number of amides is 1. The summed E-state index contributed by atoms with van der Waals surface area (Å²) >= 11 is 1.45. The molecule has 0 spiro atoms. The van der Waals surface area contributed by atoms with Gasteiger partial charge in [0.25, 0.3) is 0 Å². The molecule has 1 aliphatic rings. The Kier molecular flexibility index (Phi) is 3.47. The minimum absolute atomic E-state index is 0.0569. The molecular formula is C12H14N2O3S. The molecule has 0 saturated heterocycles. The summed E-state index contributed by atoms with van der Waals surface area (Å²) in [7, 11) is 0. The number of nitrogen functional groups attached to an aromatic ring is 1. The Morgan fingerprint density at radius 1 is 1.56 bits per heavy atom. The lowest BCUT2D eigenvalue weighted by molar-refractivity contribution is -0.136. The molecule has 6 heteroatoms. The first kappa shape index (κ1) is 12.8. The Morgan fingerprint density at radius 2 is 2.28 bits per heavy atom. The van der Waals surface area contributed by atoms with Crippen LogP contribution in [0.4, 0.5) is 11.4 Å². The molecule has 0 radical (unpaired) electrons. The van der Waals surface area contributed by atoms with Crippen molar-refractivity contribution >= 4 is 35.0 Å². The van der Waals surface area contributed by atoms with Crippen LogP contribution < -0.4 is 10.6 Å². The van der Waals surface area contributed by atoms with Gasteiger partial charge in [0.15, 0.2) is 0 Å². The van der Waals surface area contributed by atoms with E-state index in [0.29, 0.717) is 5.69 Å². The van der Waals surface area contributed by atoms with Crippen molar-refractivity contribution in [1.82, 2.24) is 0 Å². The number of aliphatic carboxylic acids is 1. The Balaban J connectivity index is 2.33. The van der Waals surface area contributed by atoms with Gasteiger partial charge in [0.2, 0.25) is 5.91 Å². The maximum atomic E-state index is 12.1. The van der Waals surface area contributed by atoms with E-state index < -0.39 is 5.97 Å². The molecule has 96 valence electrons. The van der Waals surface area contributed by atoms with Crippen molar-refractivity contribution in [2.75, 3.05) is 17.2 Å². The van der Waals surface area contributed by atoms with E-state index in [-0.39, 0.29) is 24.1 Å². The largest absolute Gasteiger partial charge is 0.481 e. The van der Waals surface area contributed by atoms with Gasteiger partial charge in [0.05, 0.1) is 17.4 Å².